The molecule has 2 heterocycles. The van der Waals surface area contributed by atoms with Crippen molar-refractivity contribution in [2.75, 3.05) is 13.1 Å². The molecule has 540 valence electrons. The van der Waals surface area contributed by atoms with Crippen molar-refractivity contribution in [1.82, 2.24) is 36.6 Å². The Morgan fingerprint density at radius 2 is 0.870 bits per heavy atom. The van der Waals surface area contributed by atoms with Crippen LogP contribution in [0, 0.1) is 29.6 Å². The van der Waals surface area contributed by atoms with Crippen LogP contribution in [0.4, 0.5) is 4.79 Å². The number of carbonyl (C=O) groups excluding carboxylic acids is 8. The summed E-state index contributed by atoms with van der Waals surface area (Å²) in [5, 5.41) is 23.9. The first-order chi connectivity index (χ1) is 47.7. The molecule has 21 heteroatoms. The van der Waals surface area contributed by atoms with Gasteiger partial charge in [-0.3, -0.25) is 43.5 Å². The Bertz CT molecular complexity index is 3400. The molecule has 21 nitrogen and oxygen atoms in total. The number of Topliss-reactive ketones (excluding diaryl/α,β-unsaturated/α-hetero) is 3. The molecule has 0 aliphatic rings. The SMILES string of the molecule is CC(C)C[C@@H](CC(=O)[C@@H](Cc1ccccc1)NC(=O)[C@H](C)Cc1ccccc1)C(=O)N[C@H](CCCCNC(=O)OC(C)(C)C)C(=O)O.CC(C)C[C@@H](CC(=O)[C@@H](Cc1ccccc1)NC(=O)[C@H](N)Cc1ccccc1)C(=O)N[C@H](CCCCN)C(=O)c1ccncc1.NCc1ccncc1. The number of carboxylic acids is 1. The van der Waals surface area contributed by atoms with Crippen LogP contribution >= 0.6 is 0 Å². The molecule has 0 aliphatic heterocycles. The number of alkyl carbamates (subject to hydrolysis) is 1. The molecule has 2 aromatic heterocycles. The summed E-state index contributed by atoms with van der Waals surface area (Å²) in [6.07, 6.45) is 10.9. The smallest absolute Gasteiger partial charge is 0.407 e. The lowest BCUT2D eigenvalue weighted by Gasteiger charge is -2.25. The lowest BCUT2D eigenvalue weighted by atomic mass is 9.87. The Balaban J connectivity index is 0.000000381. The zero-order valence-electron chi connectivity index (χ0n) is 59.6. The van der Waals surface area contributed by atoms with Crippen LogP contribution in [0.25, 0.3) is 0 Å². The number of pyridine rings is 2. The molecule has 4 aromatic carbocycles. The fraction of sp³-hybridized carbons (Fsp3) is 0.456. The van der Waals surface area contributed by atoms with Gasteiger partial charge < -0.3 is 53.6 Å². The molecule has 0 spiro atoms. The second kappa shape index (κ2) is 45.4. The molecular weight excluding hydrogens is 1260 g/mol. The Kier molecular flexibility index (Phi) is 37.7. The number of unbranched alkanes of at least 4 members (excludes halogenated alkanes) is 2. The number of benzene rings is 4. The standard InChI is InChI=1S/C37H53N3O7.C36H47N5O4.C6H8N2/c1-25(2)21-29(34(43)39-30(35(44)45)19-13-14-20-38-36(46)47-37(4,5)6)24-32(41)31(23-28-17-11-8-12-18-28)40-33(42)26(3)22-27-15-9-7-10-16-27;1-25(2)21-29(35(44)40-31(15-9-10-18-37)34(43)28-16-19-39-20-17-28)24-33(42)32(23-27-13-7-4-8-14-27)41-36(45)30(38)22-26-11-5-3-6-12-26;7-5-6-1-3-8-4-2-6/h7-12,15-18,25-26,29-31H,13-14,19-24H2,1-6H3,(H,38,46)(H,39,43)(H,40,42)(H,44,45);3-8,11-14,16-17,19-20,25,29-32H,9-10,15,18,21-24,37-38H2,1-2H3,(H,40,44)(H,41,45);1-4H,5,7H2/t26-,29+,30-,31-;29-,30+,31+,32+;/m10./s1. The van der Waals surface area contributed by atoms with Crippen molar-refractivity contribution in [3.8, 4) is 0 Å². The molecule has 0 bridgehead atoms. The highest BCUT2D eigenvalue weighted by Gasteiger charge is 2.34. The van der Waals surface area contributed by atoms with Crippen molar-refractivity contribution >= 4 is 53.0 Å². The van der Waals surface area contributed by atoms with Gasteiger partial charge in [0.05, 0.1) is 24.2 Å². The molecule has 100 heavy (non-hydrogen) atoms. The molecule has 0 fully saturated rings. The summed E-state index contributed by atoms with van der Waals surface area (Å²) in [4.78, 5) is 126. The monoisotopic (exact) mass is 1370 g/mol. The number of nitrogens with one attached hydrogen (secondary N) is 5. The number of hydrogen-bond donors (Lipinski definition) is 9. The fourth-order valence-electron chi connectivity index (χ4n) is 11.1. The first kappa shape index (κ1) is 83.1. The first-order valence-corrected chi connectivity index (χ1v) is 34.9. The third-order valence-electron chi connectivity index (χ3n) is 16.3. The van der Waals surface area contributed by atoms with E-state index in [2.05, 4.69) is 36.6 Å². The summed E-state index contributed by atoms with van der Waals surface area (Å²) in [6, 6.07) is 40.5. The number of ether oxygens (including phenoxy) is 1. The maximum absolute atomic E-state index is 13.9. The van der Waals surface area contributed by atoms with Gasteiger partial charge in [-0.1, -0.05) is 156 Å². The molecule has 0 saturated heterocycles. The number of nitrogens with two attached hydrogens (primary N) is 3. The van der Waals surface area contributed by atoms with Crippen LogP contribution in [0.5, 0.6) is 0 Å². The number of hydrogen-bond acceptors (Lipinski definition) is 15. The van der Waals surface area contributed by atoms with E-state index in [1.807, 2.05) is 168 Å². The van der Waals surface area contributed by atoms with Gasteiger partial charge in [-0.25, -0.2) is 9.59 Å². The molecule has 12 N–H and O–H groups in total. The molecule has 5 amide bonds. The van der Waals surface area contributed by atoms with Crippen molar-refractivity contribution in [3.05, 3.63) is 204 Å². The third-order valence-corrected chi connectivity index (χ3v) is 16.3. The second-order valence-electron chi connectivity index (χ2n) is 27.2. The van der Waals surface area contributed by atoms with Gasteiger partial charge in [0.15, 0.2) is 17.3 Å². The molecule has 6 aromatic rings. The normalized spacial score (nSPS) is 13.5. The lowest BCUT2D eigenvalue weighted by Crippen LogP contribution is -2.51. The molecule has 0 radical (unpaired) electrons. The highest BCUT2D eigenvalue weighted by Crippen LogP contribution is 2.23. The van der Waals surface area contributed by atoms with Gasteiger partial charge >= 0.3 is 12.1 Å². The largest absolute Gasteiger partial charge is 0.480 e. The molecule has 0 aliphatic carbocycles. The van der Waals surface area contributed by atoms with Gasteiger partial charge in [0.25, 0.3) is 0 Å². The van der Waals surface area contributed by atoms with Gasteiger partial charge in [0, 0.05) is 74.0 Å². The van der Waals surface area contributed by atoms with Crippen LogP contribution in [0.2, 0.25) is 0 Å². The number of rotatable bonds is 39. The average Bonchev–Trinajstić information content (AvgIpc) is 0.875. The maximum Gasteiger partial charge on any atom is 0.407 e. The van der Waals surface area contributed by atoms with E-state index in [1.165, 1.54) is 0 Å². The number of ketones is 3. The fourth-order valence-corrected chi connectivity index (χ4v) is 11.1. The van der Waals surface area contributed by atoms with E-state index in [9.17, 15) is 48.3 Å². The highest BCUT2D eigenvalue weighted by atomic mass is 16.6. The maximum atomic E-state index is 13.9. The van der Waals surface area contributed by atoms with Crippen molar-refractivity contribution in [1.29, 1.82) is 0 Å². The third kappa shape index (κ3) is 33.5. The summed E-state index contributed by atoms with van der Waals surface area (Å²) >= 11 is 0. The van der Waals surface area contributed by atoms with Crippen LogP contribution in [0.15, 0.2) is 170 Å². The number of carboxylic acid groups (broad SMARTS) is 1. The van der Waals surface area contributed by atoms with Crippen LogP contribution in [0.1, 0.15) is 158 Å². The quantitative estimate of drug-likeness (QED) is 0.0128. The predicted molar refractivity (Wildman–Crippen MR) is 390 cm³/mol. The zero-order valence-corrected chi connectivity index (χ0v) is 59.6. The van der Waals surface area contributed by atoms with E-state index in [0.29, 0.717) is 76.6 Å². The van der Waals surface area contributed by atoms with E-state index in [0.717, 1.165) is 34.2 Å². The van der Waals surface area contributed by atoms with Crippen LogP contribution in [-0.4, -0.2) is 117 Å². The van der Waals surface area contributed by atoms with E-state index >= 15 is 0 Å². The van der Waals surface area contributed by atoms with Crippen LogP contribution < -0.4 is 43.8 Å². The minimum atomic E-state index is -1.17. The number of aliphatic carboxylic acids is 1. The summed E-state index contributed by atoms with van der Waals surface area (Å²) in [5.41, 5.74) is 21.9. The highest BCUT2D eigenvalue weighted by molar-refractivity contribution is 6.02. The molecule has 8 atom stereocenters. The Hall–Kier alpha value is -9.31. The average molecular weight is 1370 g/mol. The minimum absolute atomic E-state index is 0.0637. The number of carbonyl (C=O) groups is 9. The van der Waals surface area contributed by atoms with Gasteiger partial charge in [-0.2, -0.15) is 0 Å². The predicted octanol–water partition coefficient (Wildman–Crippen LogP) is 9.82. The summed E-state index contributed by atoms with van der Waals surface area (Å²) in [7, 11) is 0. The Morgan fingerprint density at radius 3 is 1.29 bits per heavy atom. The minimum Gasteiger partial charge on any atom is -0.480 e. The topological polar surface area (TPSA) is 347 Å². The summed E-state index contributed by atoms with van der Waals surface area (Å²) in [6.45, 7) is 16.3. The van der Waals surface area contributed by atoms with Crippen molar-refractivity contribution < 1.29 is 53.0 Å². The van der Waals surface area contributed by atoms with Gasteiger partial charge in [-0.05, 0) is 168 Å². The van der Waals surface area contributed by atoms with Gasteiger partial charge in [-0.15, -0.1) is 0 Å². The zero-order chi connectivity index (χ0) is 73.4. The lowest BCUT2D eigenvalue weighted by molar-refractivity contribution is -0.143. The molecule has 0 saturated carbocycles. The molecular formula is C79H108N10O11. The summed E-state index contributed by atoms with van der Waals surface area (Å²) in [5.74, 6) is -5.13. The Labute approximate surface area is 591 Å². The second-order valence-corrected chi connectivity index (χ2v) is 27.2. The Morgan fingerprint density at radius 1 is 0.470 bits per heavy atom. The van der Waals surface area contributed by atoms with E-state index in [1.54, 1.807) is 57.7 Å². The van der Waals surface area contributed by atoms with E-state index in [4.69, 9.17) is 21.9 Å². The first-order valence-electron chi connectivity index (χ1n) is 34.9. The van der Waals surface area contributed by atoms with Crippen molar-refractivity contribution in [3.63, 3.8) is 0 Å². The number of aromatic nitrogens is 2. The summed E-state index contributed by atoms with van der Waals surface area (Å²) < 4.78 is 5.20. The molecule has 6 rings (SSSR count). The van der Waals surface area contributed by atoms with Crippen LogP contribution in [-0.2, 0) is 70.5 Å². The van der Waals surface area contributed by atoms with E-state index < -0.39 is 71.5 Å². The van der Waals surface area contributed by atoms with Gasteiger partial charge in [0.2, 0.25) is 23.6 Å². The van der Waals surface area contributed by atoms with Gasteiger partial charge in [0.1, 0.15) is 11.6 Å². The van der Waals surface area contributed by atoms with E-state index in [-0.39, 0.29) is 79.0 Å². The number of amides is 5. The molecule has 0 unspecified atom stereocenters. The van der Waals surface area contributed by atoms with Crippen molar-refractivity contribution in [2.24, 2.45) is 46.8 Å². The van der Waals surface area contributed by atoms with Crippen LogP contribution in [0.3, 0.4) is 0 Å². The van der Waals surface area contributed by atoms with Crippen molar-refractivity contribution in [2.45, 2.75) is 188 Å². The number of nitrogens with zero attached hydrogens (tertiary/aromatic N) is 2.